The minimum Gasteiger partial charge on any atom is -0.296 e. The van der Waals surface area contributed by atoms with Gasteiger partial charge in [0.1, 0.15) is 10.5 Å². The van der Waals surface area contributed by atoms with Crippen LogP contribution in [0.2, 0.25) is 0 Å². The fraction of sp³-hybridized carbons (Fsp3) is 0.167. The molecule has 4 nitrogen and oxygen atoms in total. The van der Waals surface area contributed by atoms with Crippen molar-refractivity contribution >= 4 is 28.0 Å². The van der Waals surface area contributed by atoms with E-state index in [0.29, 0.717) is 5.69 Å². The fourth-order valence-electron chi connectivity index (χ4n) is 0.990. The highest BCUT2D eigenvalue weighted by Crippen LogP contribution is 2.19. The van der Waals surface area contributed by atoms with Crippen LogP contribution in [0.4, 0.5) is 0 Å². The quantitative estimate of drug-likeness (QED) is 0.591. The number of hydrogen-bond acceptors (Lipinski definition) is 4. The predicted molar refractivity (Wildman–Crippen MR) is 41.8 cm³/mol. The summed E-state index contributed by atoms with van der Waals surface area (Å²) in [4.78, 5) is 11.4. The van der Waals surface area contributed by atoms with Crippen LogP contribution in [-0.4, -0.2) is 20.4 Å². The molecule has 0 spiro atoms. The molecule has 2 aromatic heterocycles. The first-order valence-electron chi connectivity index (χ1n) is 3.05. The van der Waals surface area contributed by atoms with Crippen LogP contribution in [-0.2, 0) is 7.05 Å². The lowest BCUT2D eigenvalue weighted by Gasteiger charge is -1.83. The van der Waals surface area contributed by atoms with E-state index in [1.165, 1.54) is 11.5 Å². The summed E-state index contributed by atoms with van der Waals surface area (Å²) < 4.78 is 5.62. The average molecular weight is 167 g/mol. The average Bonchev–Trinajstić information content (AvgIpc) is 2.54. The number of fused-ring (bicyclic) bond motifs is 1. The lowest BCUT2D eigenvalue weighted by Crippen LogP contribution is -1.89. The van der Waals surface area contributed by atoms with Gasteiger partial charge < -0.3 is 0 Å². The first-order valence-corrected chi connectivity index (χ1v) is 3.83. The Labute approximate surface area is 66.6 Å². The smallest absolute Gasteiger partial charge is 0.171 e. The van der Waals surface area contributed by atoms with Gasteiger partial charge in [0.25, 0.3) is 0 Å². The molecule has 0 amide bonds. The molecule has 2 rings (SSSR count). The second kappa shape index (κ2) is 2.13. The Bertz CT molecular complexity index is 403. The van der Waals surface area contributed by atoms with Crippen LogP contribution in [0.15, 0.2) is 6.20 Å². The van der Waals surface area contributed by atoms with Crippen LogP contribution >= 0.6 is 11.5 Å². The van der Waals surface area contributed by atoms with E-state index < -0.39 is 0 Å². The van der Waals surface area contributed by atoms with Crippen molar-refractivity contribution in [1.82, 2.24) is 14.2 Å². The Kier molecular flexibility index (Phi) is 1.25. The number of carbonyl (C=O) groups excluding carboxylic acids is 1. The highest BCUT2D eigenvalue weighted by molar-refractivity contribution is 7.12. The van der Waals surface area contributed by atoms with Gasteiger partial charge in [-0.2, -0.15) is 9.47 Å². The van der Waals surface area contributed by atoms with Gasteiger partial charge in [-0.3, -0.25) is 9.48 Å². The van der Waals surface area contributed by atoms with Crippen molar-refractivity contribution in [2.75, 3.05) is 0 Å². The molecule has 0 aliphatic rings. The molecule has 0 atom stereocenters. The highest BCUT2D eigenvalue weighted by Gasteiger charge is 2.08. The number of aldehydes is 1. The topological polar surface area (TPSA) is 47.8 Å². The van der Waals surface area contributed by atoms with Crippen molar-refractivity contribution in [2.45, 2.75) is 0 Å². The minimum absolute atomic E-state index is 0.469. The van der Waals surface area contributed by atoms with Crippen LogP contribution < -0.4 is 0 Å². The Morgan fingerprint density at radius 3 is 3.27 bits per heavy atom. The molecule has 2 heterocycles. The molecule has 0 unspecified atom stereocenters. The van der Waals surface area contributed by atoms with Crippen molar-refractivity contribution in [3.8, 4) is 0 Å². The molecule has 11 heavy (non-hydrogen) atoms. The summed E-state index contributed by atoms with van der Waals surface area (Å²) in [5.41, 5.74) is 0.469. The van der Waals surface area contributed by atoms with E-state index >= 15 is 0 Å². The third-order valence-corrected chi connectivity index (χ3v) is 2.36. The summed E-state index contributed by atoms with van der Waals surface area (Å²) in [6.45, 7) is 0. The van der Waals surface area contributed by atoms with Gasteiger partial charge in [-0.1, -0.05) is 0 Å². The predicted octanol–water partition coefficient (Wildman–Crippen LogP) is 0.842. The summed E-state index contributed by atoms with van der Waals surface area (Å²) in [5, 5.41) is 4.83. The summed E-state index contributed by atoms with van der Waals surface area (Å²) in [5.74, 6) is 0. The normalized spacial score (nSPS) is 10.6. The van der Waals surface area contributed by atoms with Gasteiger partial charge in [-0.05, 0) is 11.5 Å². The lowest BCUT2D eigenvalue weighted by atomic mass is 10.3. The molecule has 0 saturated carbocycles. The van der Waals surface area contributed by atoms with Crippen molar-refractivity contribution in [3.63, 3.8) is 0 Å². The van der Waals surface area contributed by atoms with Crippen LogP contribution in [0.25, 0.3) is 10.2 Å². The molecule has 5 heteroatoms. The number of carbonyl (C=O) groups is 1. The number of aromatic nitrogens is 3. The van der Waals surface area contributed by atoms with Crippen LogP contribution in [0.1, 0.15) is 10.5 Å². The zero-order chi connectivity index (χ0) is 7.84. The van der Waals surface area contributed by atoms with Gasteiger partial charge in [-0.25, -0.2) is 0 Å². The lowest BCUT2D eigenvalue weighted by molar-refractivity contribution is 0.111. The SMILES string of the molecule is Cn1nc(C=O)c2cnsc21. The molecule has 2 aromatic rings. The summed E-state index contributed by atoms with van der Waals surface area (Å²) >= 11 is 1.34. The Morgan fingerprint density at radius 2 is 2.55 bits per heavy atom. The third-order valence-electron chi connectivity index (χ3n) is 1.49. The fourth-order valence-corrected chi connectivity index (χ4v) is 1.66. The van der Waals surface area contributed by atoms with Gasteiger partial charge in [0.05, 0.1) is 11.6 Å². The van der Waals surface area contributed by atoms with Crippen molar-refractivity contribution in [2.24, 2.45) is 7.05 Å². The molecule has 0 aromatic carbocycles. The molecule has 0 bridgehead atoms. The molecule has 0 radical (unpaired) electrons. The molecule has 0 aliphatic carbocycles. The van der Waals surface area contributed by atoms with E-state index in [2.05, 4.69) is 9.47 Å². The van der Waals surface area contributed by atoms with E-state index in [1.807, 2.05) is 0 Å². The maximum atomic E-state index is 10.4. The highest BCUT2D eigenvalue weighted by atomic mass is 32.1. The number of hydrogen-bond donors (Lipinski definition) is 0. The standard InChI is InChI=1S/C6H5N3OS/c1-9-6-4(2-7-11-6)5(3-10)8-9/h2-3H,1H3. The monoisotopic (exact) mass is 167 g/mol. The first kappa shape index (κ1) is 6.48. The molecule has 56 valence electrons. The van der Waals surface area contributed by atoms with Crippen LogP contribution in [0, 0.1) is 0 Å². The van der Waals surface area contributed by atoms with E-state index in [-0.39, 0.29) is 0 Å². The van der Waals surface area contributed by atoms with Crippen molar-refractivity contribution < 1.29 is 4.79 Å². The largest absolute Gasteiger partial charge is 0.296 e. The van der Waals surface area contributed by atoms with Crippen molar-refractivity contribution in [1.29, 1.82) is 0 Å². The van der Waals surface area contributed by atoms with Gasteiger partial charge in [0, 0.05) is 7.05 Å². The molecule has 0 saturated heterocycles. The van der Waals surface area contributed by atoms with Gasteiger partial charge in [0.15, 0.2) is 6.29 Å². The maximum absolute atomic E-state index is 10.4. The Hall–Kier alpha value is -1.23. The third kappa shape index (κ3) is 0.775. The summed E-state index contributed by atoms with van der Waals surface area (Å²) in [7, 11) is 1.80. The molecular weight excluding hydrogens is 162 g/mol. The second-order valence-corrected chi connectivity index (χ2v) is 2.95. The molecule has 0 N–H and O–H groups in total. The maximum Gasteiger partial charge on any atom is 0.171 e. The zero-order valence-corrected chi connectivity index (χ0v) is 6.63. The minimum atomic E-state index is 0.469. The van der Waals surface area contributed by atoms with E-state index in [1.54, 1.807) is 17.9 Å². The molecule has 0 fully saturated rings. The summed E-state index contributed by atoms with van der Waals surface area (Å²) in [6.07, 6.45) is 2.41. The second-order valence-electron chi connectivity index (χ2n) is 2.17. The number of aryl methyl sites for hydroxylation is 1. The first-order chi connectivity index (χ1) is 5.33. The van der Waals surface area contributed by atoms with Crippen LogP contribution in [0.3, 0.4) is 0 Å². The molecule has 0 aliphatic heterocycles. The van der Waals surface area contributed by atoms with E-state index in [4.69, 9.17) is 0 Å². The van der Waals surface area contributed by atoms with Gasteiger partial charge in [0.2, 0.25) is 0 Å². The summed E-state index contributed by atoms with van der Waals surface area (Å²) in [6, 6.07) is 0. The molecular formula is C6H5N3OS. The Balaban J connectivity index is 2.90. The zero-order valence-electron chi connectivity index (χ0n) is 5.81. The van der Waals surface area contributed by atoms with E-state index in [9.17, 15) is 4.79 Å². The van der Waals surface area contributed by atoms with E-state index in [0.717, 1.165) is 16.5 Å². The van der Waals surface area contributed by atoms with Gasteiger partial charge in [-0.15, -0.1) is 0 Å². The number of nitrogens with zero attached hydrogens (tertiary/aromatic N) is 3. The van der Waals surface area contributed by atoms with Crippen LogP contribution in [0.5, 0.6) is 0 Å². The number of rotatable bonds is 1. The van der Waals surface area contributed by atoms with Gasteiger partial charge >= 0.3 is 0 Å². The van der Waals surface area contributed by atoms with Crippen molar-refractivity contribution in [3.05, 3.63) is 11.9 Å². The Morgan fingerprint density at radius 1 is 1.73 bits per heavy atom.